The summed E-state index contributed by atoms with van der Waals surface area (Å²) in [6.45, 7) is 2.35. The highest BCUT2D eigenvalue weighted by atomic mass is 35.5. The van der Waals surface area contributed by atoms with E-state index in [0.29, 0.717) is 16.9 Å². The van der Waals surface area contributed by atoms with E-state index in [2.05, 4.69) is 37.9 Å². The van der Waals surface area contributed by atoms with Crippen molar-refractivity contribution in [2.45, 2.75) is 43.7 Å². The number of aromatic amines is 1. The highest BCUT2D eigenvalue weighted by Crippen LogP contribution is 2.49. The second-order valence-electron chi connectivity index (χ2n) is 8.93. The van der Waals surface area contributed by atoms with E-state index >= 15 is 0 Å². The minimum absolute atomic E-state index is 0.0153. The molecule has 0 bridgehead atoms. The predicted molar refractivity (Wildman–Crippen MR) is 126 cm³/mol. The smallest absolute Gasteiger partial charge is 0.235 e. The molecule has 2 aliphatic rings. The number of nitrogens with one attached hydrogen (secondary N) is 2. The molecule has 1 aliphatic heterocycles. The molecule has 9 heteroatoms. The Balaban J connectivity index is 1.38. The van der Waals surface area contributed by atoms with Gasteiger partial charge in [-0.15, -0.1) is 5.10 Å². The summed E-state index contributed by atoms with van der Waals surface area (Å²) in [5, 5.41) is 18.2. The monoisotopic (exact) mass is 466 g/mol. The Hall–Kier alpha value is -2.81. The summed E-state index contributed by atoms with van der Waals surface area (Å²) in [5.74, 6) is 0.566. The molecule has 2 fully saturated rings. The summed E-state index contributed by atoms with van der Waals surface area (Å²) >= 11 is 6.17. The van der Waals surface area contributed by atoms with Gasteiger partial charge in [0.25, 0.3) is 0 Å². The summed E-state index contributed by atoms with van der Waals surface area (Å²) in [4.78, 5) is 15.6. The Morgan fingerprint density at radius 1 is 1.24 bits per heavy atom. The fraction of sp³-hybridized carbons (Fsp3) is 0.417. The molecule has 0 atom stereocenters. The first-order chi connectivity index (χ1) is 16.0. The lowest BCUT2D eigenvalue weighted by Gasteiger charge is -2.31. The summed E-state index contributed by atoms with van der Waals surface area (Å²) in [7, 11) is 2.13. The minimum atomic E-state index is -0.513. The van der Waals surface area contributed by atoms with E-state index in [1.165, 1.54) is 0 Å². The zero-order chi connectivity index (χ0) is 22.8. The molecule has 0 unspecified atom stereocenters. The number of amides is 1. The highest BCUT2D eigenvalue weighted by Gasteiger charge is 2.51. The fourth-order valence-electron chi connectivity index (χ4n) is 4.62. The van der Waals surface area contributed by atoms with Crippen LogP contribution in [0.15, 0.2) is 42.5 Å². The number of carbonyl (C=O) groups is 1. The first-order valence-electron chi connectivity index (χ1n) is 11.3. The summed E-state index contributed by atoms with van der Waals surface area (Å²) in [6.07, 6.45) is 3.67. The average molecular weight is 467 g/mol. The van der Waals surface area contributed by atoms with Crippen LogP contribution in [0.3, 0.4) is 0 Å². The second kappa shape index (κ2) is 9.21. The number of ether oxygens (including phenoxy) is 1. The van der Waals surface area contributed by atoms with E-state index in [1.54, 1.807) is 0 Å². The number of hydrogen-bond acceptors (Lipinski definition) is 6. The summed E-state index contributed by atoms with van der Waals surface area (Å²) in [5.41, 5.74) is 3.14. The van der Waals surface area contributed by atoms with Crippen LogP contribution in [-0.4, -0.2) is 57.7 Å². The van der Waals surface area contributed by atoms with Crippen LogP contribution in [0.1, 0.15) is 36.8 Å². The van der Waals surface area contributed by atoms with Crippen LogP contribution >= 0.6 is 11.6 Å². The number of anilines is 1. The third-order valence-corrected chi connectivity index (χ3v) is 7.00. The number of H-pyrrole nitrogens is 1. The molecular weight excluding hydrogens is 440 g/mol. The summed E-state index contributed by atoms with van der Waals surface area (Å²) < 4.78 is 5.50. The van der Waals surface area contributed by atoms with Crippen LogP contribution in [0.25, 0.3) is 11.4 Å². The number of tetrazole rings is 1. The molecule has 1 saturated carbocycles. The molecular formula is C24H27ClN6O2. The van der Waals surface area contributed by atoms with Gasteiger partial charge in [0.1, 0.15) is 0 Å². The van der Waals surface area contributed by atoms with Crippen molar-refractivity contribution in [2.75, 3.05) is 25.6 Å². The van der Waals surface area contributed by atoms with Crippen LogP contribution in [0.4, 0.5) is 5.69 Å². The van der Waals surface area contributed by atoms with E-state index in [0.717, 1.165) is 67.8 Å². The zero-order valence-electron chi connectivity index (χ0n) is 18.6. The Kier molecular flexibility index (Phi) is 6.14. The number of nitrogens with zero attached hydrogens (tertiary/aromatic N) is 4. The van der Waals surface area contributed by atoms with Gasteiger partial charge in [-0.3, -0.25) is 9.69 Å². The normalized spacial score (nSPS) is 17.8. The molecule has 0 spiro atoms. The van der Waals surface area contributed by atoms with Crippen molar-refractivity contribution >= 4 is 23.2 Å². The molecule has 1 aliphatic carbocycles. The number of aromatic nitrogens is 4. The van der Waals surface area contributed by atoms with Gasteiger partial charge in [-0.05, 0) is 78.6 Å². The van der Waals surface area contributed by atoms with Crippen LogP contribution in [0.2, 0.25) is 5.02 Å². The molecule has 0 radical (unpaired) electrons. The van der Waals surface area contributed by atoms with E-state index in [9.17, 15) is 4.79 Å². The number of benzene rings is 2. The van der Waals surface area contributed by atoms with Crippen LogP contribution in [0, 0.1) is 0 Å². The Morgan fingerprint density at radius 3 is 2.76 bits per heavy atom. The van der Waals surface area contributed by atoms with Gasteiger partial charge in [0, 0.05) is 42.1 Å². The average Bonchev–Trinajstić information content (AvgIpc) is 3.47. The third kappa shape index (κ3) is 4.64. The first kappa shape index (κ1) is 22.0. The number of halogens is 1. The van der Waals surface area contributed by atoms with Crippen molar-refractivity contribution in [1.29, 1.82) is 0 Å². The van der Waals surface area contributed by atoms with E-state index < -0.39 is 5.41 Å². The van der Waals surface area contributed by atoms with Crippen molar-refractivity contribution in [2.24, 2.45) is 0 Å². The van der Waals surface area contributed by atoms with E-state index in [-0.39, 0.29) is 5.91 Å². The second-order valence-corrected chi connectivity index (χ2v) is 9.36. The molecule has 2 N–H and O–H groups in total. The van der Waals surface area contributed by atoms with Gasteiger partial charge in [-0.25, -0.2) is 5.10 Å². The van der Waals surface area contributed by atoms with Crippen molar-refractivity contribution in [3.8, 4) is 11.4 Å². The lowest BCUT2D eigenvalue weighted by molar-refractivity contribution is -0.118. The SMILES string of the molecule is CN(Cc1ccc(NC(=O)C2(c3cccc(Cl)c3)CC2)cc1-c1nnn[nH]1)C1CCOCC1. The van der Waals surface area contributed by atoms with Crippen LogP contribution in [0.5, 0.6) is 0 Å². The maximum atomic E-state index is 13.3. The zero-order valence-corrected chi connectivity index (χ0v) is 19.3. The van der Waals surface area contributed by atoms with Gasteiger partial charge in [0.05, 0.1) is 5.41 Å². The molecule has 1 amide bonds. The molecule has 1 saturated heterocycles. The topological polar surface area (TPSA) is 96.0 Å². The number of hydrogen-bond donors (Lipinski definition) is 2. The number of rotatable bonds is 7. The van der Waals surface area contributed by atoms with Gasteiger partial charge >= 0.3 is 0 Å². The quantitative estimate of drug-likeness (QED) is 0.549. The molecule has 33 heavy (non-hydrogen) atoms. The highest BCUT2D eigenvalue weighted by molar-refractivity contribution is 6.30. The van der Waals surface area contributed by atoms with Crippen molar-refractivity contribution in [1.82, 2.24) is 25.5 Å². The van der Waals surface area contributed by atoms with E-state index in [1.807, 2.05) is 42.5 Å². The van der Waals surface area contributed by atoms with Crippen LogP contribution < -0.4 is 5.32 Å². The number of carbonyl (C=O) groups excluding carboxylic acids is 1. The van der Waals surface area contributed by atoms with Crippen LogP contribution in [-0.2, 0) is 21.5 Å². The molecule has 2 heterocycles. The Bertz CT molecular complexity index is 1130. The van der Waals surface area contributed by atoms with Crippen molar-refractivity contribution in [3.05, 3.63) is 58.6 Å². The molecule has 3 aromatic rings. The lowest BCUT2D eigenvalue weighted by Crippen LogP contribution is -2.36. The third-order valence-electron chi connectivity index (χ3n) is 6.76. The lowest BCUT2D eigenvalue weighted by atomic mass is 9.94. The molecule has 2 aromatic carbocycles. The predicted octanol–water partition coefficient (Wildman–Crippen LogP) is 3.80. The Morgan fingerprint density at radius 2 is 2.06 bits per heavy atom. The molecule has 5 rings (SSSR count). The van der Waals surface area contributed by atoms with Crippen molar-refractivity contribution in [3.63, 3.8) is 0 Å². The molecule has 1 aromatic heterocycles. The summed E-state index contributed by atoms with van der Waals surface area (Å²) in [6, 6.07) is 14.0. The van der Waals surface area contributed by atoms with Crippen molar-refractivity contribution < 1.29 is 9.53 Å². The van der Waals surface area contributed by atoms with Gasteiger partial charge in [-0.2, -0.15) is 0 Å². The molecule has 172 valence electrons. The largest absolute Gasteiger partial charge is 0.381 e. The molecule has 8 nitrogen and oxygen atoms in total. The van der Waals surface area contributed by atoms with Gasteiger partial charge in [0.2, 0.25) is 5.91 Å². The first-order valence-corrected chi connectivity index (χ1v) is 11.7. The Labute approximate surface area is 197 Å². The maximum Gasteiger partial charge on any atom is 0.235 e. The standard InChI is InChI=1S/C24H27ClN6O2/c1-31(20-7-11-33-12-8-20)15-16-5-6-19(14-21(16)22-27-29-30-28-22)26-23(32)24(9-10-24)17-3-2-4-18(25)13-17/h2-6,13-14,20H,7-12,15H2,1H3,(H,26,32)(H,27,28,29,30). The van der Waals surface area contributed by atoms with Gasteiger partial charge < -0.3 is 10.1 Å². The van der Waals surface area contributed by atoms with Gasteiger partial charge in [-0.1, -0.05) is 29.8 Å². The maximum absolute atomic E-state index is 13.3. The van der Waals surface area contributed by atoms with Gasteiger partial charge in [0.15, 0.2) is 5.82 Å². The van der Waals surface area contributed by atoms with E-state index in [4.69, 9.17) is 16.3 Å². The minimum Gasteiger partial charge on any atom is -0.381 e. The fourth-order valence-corrected chi connectivity index (χ4v) is 4.81.